The maximum atomic E-state index is 13.8. The summed E-state index contributed by atoms with van der Waals surface area (Å²) in [6.45, 7) is 1.78. The van der Waals surface area contributed by atoms with Crippen molar-refractivity contribution in [1.29, 1.82) is 0 Å². The smallest absolute Gasteiger partial charge is 0.276 e. The zero-order chi connectivity index (χ0) is 24.6. The van der Waals surface area contributed by atoms with E-state index in [4.69, 9.17) is 0 Å². The summed E-state index contributed by atoms with van der Waals surface area (Å²) in [7, 11) is 0. The molecular weight excluding hydrogens is 542 g/mol. The minimum absolute atomic E-state index is 0.0295. The Labute approximate surface area is 219 Å². The van der Waals surface area contributed by atoms with Gasteiger partial charge in [-0.2, -0.15) is 0 Å². The third kappa shape index (κ3) is 4.37. The number of hydrogen-bond acceptors (Lipinski definition) is 7. The van der Waals surface area contributed by atoms with E-state index in [9.17, 15) is 9.59 Å². The maximum Gasteiger partial charge on any atom is 0.276 e. The van der Waals surface area contributed by atoms with Gasteiger partial charge in [-0.25, -0.2) is 14.6 Å². The van der Waals surface area contributed by atoms with Crippen molar-refractivity contribution in [2.24, 2.45) is 5.92 Å². The average molecular weight is 564 g/mol. The lowest BCUT2D eigenvalue weighted by Crippen LogP contribution is -2.49. The van der Waals surface area contributed by atoms with Crippen molar-refractivity contribution in [1.82, 2.24) is 34.4 Å². The molecule has 0 radical (unpaired) electrons. The Hall–Kier alpha value is -3.31. The van der Waals surface area contributed by atoms with Crippen LogP contribution in [0.5, 0.6) is 0 Å². The number of nitrogens with zero attached hydrogens (tertiary/aromatic N) is 7. The second-order valence-corrected chi connectivity index (χ2v) is 10.9. The predicted molar refractivity (Wildman–Crippen MR) is 138 cm³/mol. The van der Waals surface area contributed by atoms with Gasteiger partial charge < -0.3 is 9.47 Å². The first-order chi connectivity index (χ1) is 17.6. The zero-order valence-corrected chi connectivity index (χ0v) is 21.6. The number of likely N-dealkylation sites (tertiary alicyclic amines) is 1. The van der Waals surface area contributed by atoms with Crippen LogP contribution < -0.4 is 5.56 Å². The van der Waals surface area contributed by atoms with E-state index in [-0.39, 0.29) is 23.3 Å². The molecule has 0 spiro atoms. The number of hydrogen-bond donors (Lipinski definition) is 0. The van der Waals surface area contributed by atoms with Gasteiger partial charge in [-0.05, 0) is 48.7 Å². The Kier molecular flexibility index (Phi) is 6.18. The lowest BCUT2D eigenvalue weighted by molar-refractivity contribution is 0.0588. The number of halogens is 1. The van der Waals surface area contributed by atoms with Crippen LogP contribution in [0.25, 0.3) is 5.69 Å². The SMILES string of the molecule is O=C(c1nnn(-c2ccc(Br)cc2)c1CSc1ncccn1)N1CC2CC(C1)c1cccc(=O)n1C2. The van der Waals surface area contributed by atoms with Gasteiger partial charge in [0, 0.05) is 59.9 Å². The summed E-state index contributed by atoms with van der Waals surface area (Å²) in [4.78, 5) is 36.7. The summed E-state index contributed by atoms with van der Waals surface area (Å²) >= 11 is 4.91. The lowest BCUT2D eigenvalue weighted by Gasteiger charge is -2.42. The van der Waals surface area contributed by atoms with Gasteiger partial charge in [-0.1, -0.05) is 39.0 Å². The topological polar surface area (TPSA) is 98.8 Å². The molecule has 2 aliphatic heterocycles. The largest absolute Gasteiger partial charge is 0.336 e. The van der Waals surface area contributed by atoms with Crippen molar-refractivity contribution in [3.8, 4) is 5.69 Å². The second kappa shape index (κ2) is 9.62. The van der Waals surface area contributed by atoms with Gasteiger partial charge in [0.15, 0.2) is 10.9 Å². The Morgan fingerprint density at radius 3 is 2.64 bits per heavy atom. The van der Waals surface area contributed by atoms with E-state index >= 15 is 0 Å². The van der Waals surface area contributed by atoms with Crippen LogP contribution in [0.3, 0.4) is 0 Å². The second-order valence-electron chi connectivity index (χ2n) is 9.00. The summed E-state index contributed by atoms with van der Waals surface area (Å²) in [5.74, 6) is 0.668. The van der Waals surface area contributed by atoms with Crippen LogP contribution in [-0.2, 0) is 12.3 Å². The minimum atomic E-state index is -0.135. The lowest BCUT2D eigenvalue weighted by atomic mass is 9.83. The molecular formula is C25H22BrN7O2S. The first kappa shape index (κ1) is 23.1. The van der Waals surface area contributed by atoms with E-state index in [2.05, 4.69) is 36.2 Å². The van der Waals surface area contributed by atoms with Crippen LogP contribution in [0.1, 0.15) is 34.2 Å². The summed E-state index contributed by atoms with van der Waals surface area (Å²) in [5, 5.41) is 9.34. The minimum Gasteiger partial charge on any atom is -0.336 e. The number of rotatable bonds is 5. The van der Waals surface area contributed by atoms with Crippen LogP contribution in [0, 0.1) is 5.92 Å². The maximum absolute atomic E-state index is 13.8. The molecule has 1 amide bonds. The van der Waals surface area contributed by atoms with Gasteiger partial charge in [0.25, 0.3) is 11.5 Å². The predicted octanol–water partition coefficient (Wildman–Crippen LogP) is 3.53. The molecule has 0 N–H and O–H groups in total. The Balaban J connectivity index is 1.32. The monoisotopic (exact) mass is 563 g/mol. The zero-order valence-electron chi connectivity index (χ0n) is 19.2. The number of amides is 1. The summed E-state index contributed by atoms with van der Waals surface area (Å²) in [6, 6.07) is 14.9. The van der Waals surface area contributed by atoms with E-state index in [1.807, 2.05) is 39.8 Å². The Morgan fingerprint density at radius 1 is 1.03 bits per heavy atom. The fourth-order valence-electron chi connectivity index (χ4n) is 5.09. The van der Waals surface area contributed by atoms with Crippen LogP contribution >= 0.6 is 27.7 Å². The fourth-order valence-corrected chi connectivity index (χ4v) is 6.15. The first-order valence-electron chi connectivity index (χ1n) is 11.7. The highest BCUT2D eigenvalue weighted by Gasteiger charge is 2.38. The van der Waals surface area contributed by atoms with E-state index in [0.717, 1.165) is 22.3 Å². The van der Waals surface area contributed by atoms with Crippen molar-refractivity contribution < 1.29 is 4.79 Å². The molecule has 4 aromatic rings. The summed E-state index contributed by atoms with van der Waals surface area (Å²) in [6.07, 6.45) is 4.37. The van der Waals surface area contributed by atoms with Crippen molar-refractivity contribution in [3.63, 3.8) is 0 Å². The molecule has 9 nitrogen and oxygen atoms in total. The number of fused-ring (bicyclic) bond motifs is 4. The number of thioether (sulfide) groups is 1. The quantitative estimate of drug-likeness (QED) is 0.270. The first-order valence-corrected chi connectivity index (χ1v) is 13.4. The van der Waals surface area contributed by atoms with E-state index in [1.54, 1.807) is 35.3 Å². The van der Waals surface area contributed by atoms with Crippen LogP contribution in [0.2, 0.25) is 0 Å². The molecule has 5 heterocycles. The van der Waals surface area contributed by atoms with Gasteiger partial charge in [0.05, 0.1) is 11.4 Å². The van der Waals surface area contributed by atoms with Crippen LogP contribution in [-0.4, -0.2) is 53.4 Å². The van der Waals surface area contributed by atoms with E-state index in [0.29, 0.717) is 41.9 Å². The van der Waals surface area contributed by atoms with Gasteiger partial charge >= 0.3 is 0 Å². The average Bonchev–Trinajstić information content (AvgIpc) is 3.32. The summed E-state index contributed by atoms with van der Waals surface area (Å²) in [5.41, 5.74) is 2.89. The molecule has 1 aromatic carbocycles. The fraction of sp³-hybridized carbons (Fsp3) is 0.280. The van der Waals surface area contributed by atoms with Crippen molar-refractivity contribution in [2.75, 3.05) is 13.1 Å². The number of piperidine rings is 1. The van der Waals surface area contributed by atoms with E-state index in [1.165, 1.54) is 11.8 Å². The van der Waals surface area contributed by atoms with Crippen molar-refractivity contribution in [2.45, 2.75) is 29.8 Å². The number of aromatic nitrogens is 6. The molecule has 0 aliphatic carbocycles. The van der Waals surface area contributed by atoms with Gasteiger partial charge in [0.2, 0.25) is 0 Å². The third-order valence-electron chi connectivity index (χ3n) is 6.68. The molecule has 36 heavy (non-hydrogen) atoms. The van der Waals surface area contributed by atoms with Crippen molar-refractivity contribution in [3.05, 3.63) is 92.8 Å². The highest BCUT2D eigenvalue weighted by atomic mass is 79.9. The summed E-state index contributed by atoms with van der Waals surface area (Å²) < 4.78 is 4.54. The number of carbonyl (C=O) groups excluding carboxylic acids is 1. The standard InChI is InChI=1S/C25H22BrN7O2S/c26-18-5-7-19(8-6-18)33-21(15-36-25-27-9-2-10-28-25)23(29-30-33)24(35)31-12-16-11-17(14-31)20-3-1-4-22(34)32(20)13-16/h1-10,16-17H,11-15H2. The normalized spacial score (nSPS) is 18.6. The number of benzene rings is 1. The molecule has 2 aliphatic rings. The molecule has 2 atom stereocenters. The number of pyridine rings is 1. The Bertz CT molecular complexity index is 1470. The van der Waals surface area contributed by atoms with Crippen LogP contribution in [0.4, 0.5) is 0 Å². The highest BCUT2D eigenvalue weighted by Crippen LogP contribution is 2.36. The molecule has 1 fully saturated rings. The molecule has 182 valence electrons. The molecule has 6 rings (SSSR count). The molecule has 3 aromatic heterocycles. The van der Waals surface area contributed by atoms with Crippen molar-refractivity contribution >= 4 is 33.6 Å². The Morgan fingerprint density at radius 2 is 1.83 bits per heavy atom. The van der Waals surface area contributed by atoms with Gasteiger partial charge in [-0.3, -0.25) is 9.59 Å². The molecule has 11 heteroatoms. The van der Waals surface area contributed by atoms with E-state index < -0.39 is 0 Å². The molecule has 0 saturated carbocycles. The number of carbonyl (C=O) groups is 1. The third-order valence-corrected chi connectivity index (χ3v) is 8.10. The molecule has 2 bridgehead atoms. The van der Waals surface area contributed by atoms with Crippen LogP contribution in [0.15, 0.2) is 75.3 Å². The molecule has 1 saturated heterocycles. The van der Waals surface area contributed by atoms with Gasteiger partial charge in [-0.15, -0.1) is 5.10 Å². The molecule has 2 unspecified atom stereocenters. The van der Waals surface area contributed by atoms with Gasteiger partial charge in [0.1, 0.15) is 0 Å². The highest BCUT2D eigenvalue weighted by molar-refractivity contribution is 9.10.